The molecule has 98 valence electrons. The van der Waals surface area contributed by atoms with Crippen LogP contribution in [0.5, 0.6) is 11.5 Å². The summed E-state index contributed by atoms with van der Waals surface area (Å²) in [6, 6.07) is 5.95. The number of rotatable bonds is 2. The van der Waals surface area contributed by atoms with Gasteiger partial charge >= 0.3 is 0 Å². The zero-order valence-corrected chi connectivity index (χ0v) is 12.3. The van der Waals surface area contributed by atoms with E-state index in [0.717, 1.165) is 36.1 Å². The van der Waals surface area contributed by atoms with Crippen LogP contribution in [0, 0.1) is 0 Å². The van der Waals surface area contributed by atoms with Gasteiger partial charge in [0.25, 0.3) is 0 Å². The highest BCUT2D eigenvalue weighted by Crippen LogP contribution is 2.33. The van der Waals surface area contributed by atoms with Gasteiger partial charge < -0.3 is 20.1 Å². The Bertz CT molecular complexity index is 451. The molecular formula is C12H16IN3O2. The number of nitrogens with one attached hydrogen (secondary N) is 2. The van der Waals surface area contributed by atoms with Crippen molar-refractivity contribution in [3.05, 3.63) is 23.8 Å². The number of halogens is 1. The third-order valence-corrected chi connectivity index (χ3v) is 2.77. The van der Waals surface area contributed by atoms with Crippen LogP contribution in [-0.2, 0) is 6.54 Å². The first-order chi connectivity index (χ1) is 8.43. The molecule has 1 aromatic carbocycles. The van der Waals surface area contributed by atoms with Crippen molar-refractivity contribution in [2.24, 2.45) is 4.99 Å². The highest BCUT2D eigenvalue weighted by Gasteiger charge is 2.15. The molecule has 2 aliphatic heterocycles. The van der Waals surface area contributed by atoms with Crippen LogP contribution in [0.3, 0.4) is 0 Å². The van der Waals surface area contributed by atoms with E-state index in [1.165, 1.54) is 0 Å². The Morgan fingerprint density at radius 1 is 1.28 bits per heavy atom. The summed E-state index contributed by atoms with van der Waals surface area (Å²) in [5, 5.41) is 6.43. The maximum Gasteiger partial charge on any atom is 0.191 e. The Hall–Kier alpha value is -1.18. The van der Waals surface area contributed by atoms with Crippen LogP contribution in [0.15, 0.2) is 23.2 Å². The van der Waals surface area contributed by atoms with Crippen LogP contribution in [0.25, 0.3) is 0 Å². The highest BCUT2D eigenvalue weighted by atomic mass is 127. The second kappa shape index (κ2) is 6.12. The molecule has 6 heteroatoms. The van der Waals surface area contributed by atoms with Crippen molar-refractivity contribution in [2.75, 3.05) is 26.3 Å². The van der Waals surface area contributed by atoms with E-state index in [1.807, 2.05) is 18.2 Å². The number of aliphatic imine (C=N–C) groups is 1. The number of para-hydroxylation sites is 1. The van der Waals surface area contributed by atoms with Gasteiger partial charge in [-0.2, -0.15) is 0 Å². The van der Waals surface area contributed by atoms with Crippen LogP contribution in [0.1, 0.15) is 5.56 Å². The van der Waals surface area contributed by atoms with Gasteiger partial charge in [0.1, 0.15) is 13.2 Å². The van der Waals surface area contributed by atoms with Gasteiger partial charge in [-0.3, -0.25) is 4.99 Å². The lowest BCUT2D eigenvalue weighted by Gasteiger charge is -2.21. The molecule has 0 bridgehead atoms. The molecule has 0 atom stereocenters. The van der Waals surface area contributed by atoms with E-state index >= 15 is 0 Å². The average molecular weight is 361 g/mol. The molecule has 2 N–H and O–H groups in total. The van der Waals surface area contributed by atoms with Crippen molar-refractivity contribution < 1.29 is 9.47 Å². The number of fused-ring (bicyclic) bond motifs is 1. The van der Waals surface area contributed by atoms with Gasteiger partial charge in [0.15, 0.2) is 17.5 Å². The normalized spacial score (nSPS) is 16.3. The summed E-state index contributed by atoms with van der Waals surface area (Å²) in [5.74, 6) is 2.54. The summed E-state index contributed by atoms with van der Waals surface area (Å²) < 4.78 is 11.2. The Morgan fingerprint density at radius 2 is 2.17 bits per heavy atom. The molecule has 0 amide bonds. The molecule has 5 nitrogen and oxygen atoms in total. The van der Waals surface area contributed by atoms with Crippen molar-refractivity contribution >= 4 is 29.9 Å². The third-order valence-electron chi connectivity index (χ3n) is 2.77. The summed E-state index contributed by atoms with van der Waals surface area (Å²) in [4.78, 5) is 4.29. The van der Waals surface area contributed by atoms with Crippen molar-refractivity contribution in [3.63, 3.8) is 0 Å². The first-order valence-electron chi connectivity index (χ1n) is 5.83. The molecule has 0 aromatic heterocycles. The number of benzene rings is 1. The molecule has 0 saturated heterocycles. The third kappa shape index (κ3) is 2.80. The quantitative estimate of drug-likeness (QED) is 0.776. The van der Waals surface area contributed by atoms with Gasteiger partial charge in [0.2, 0.25) is 0 Å². The smallest absolute Gasteiger partial charge is 0.191 e. The molecule has 0 fully saturated rings. The Kier molecular flexibility index (Phi) is 4.51. The van der Waals surface area contributed by atoms with Crippen molar-refractivity contribution in [1.29, 1.82) is 0 Å². The maximum atomic E-state index is 5.64. The summed E-state index contributed by atoms with van der Waals surface area (Å²) in [6.45, 7) is 3.68. The fraction of sp³-hybridized carbons (Fsp3) is 0.417. The second-order valence-corrected chi connectivity index (χ2v) is 3.95. The van der Waals surface area contributed by atoms with E-state index in [0.29, 0.717) is 19.8 Å². The molecule has 0 unspecified atom stereocenters. The minimum Gasteiger partial charge on any atom is -0.486 e. The topological polar surface area (TPSA) is 54.9 Å². The van der Waals surface area contributed by atoms with E-state index in [9.17, 15) is 0 Å². The first-order valence-corrected chi connectivity index (χ1v) is 5.83. The average Bonchev–Trinajstić information content (AvgIpc) is 2.89. The predicted molar refractivity (Wildman–Crippen MR) is 80.0 cm³/mol. The summed E-state index contributed by atoms with van der Waals surface area (Å²) >= 11 is 0. The fourth-order valence-electron chi connectivity index (χ4n) is 1.97. The minimum absolute atomic E-state index is 0. The predicted octanol–water partition coefficient (Wildman–Crippen LogP) is 1.12. The zero-order chi connectivity index (χ0) is 11.5. The summed E-state index contributed by atoms with van der Waals surface area (Å²) in [6.07, 6.45) is 0. The standard InChI is InChI=1S/C12H15N3O2.HI/c1-2-9(8-15-12-13-4-5-14-12)11-10(3-1)16-6-7-17-11;/h1-3H,4-8H2,(H2,13,14,15);1H. The van der Waals surface area contributed by atoms with Crippen LogP contribution in [-0.4, -0.2) is 32.3 Å². The van der Waals surface area contributed by atoms with Crippen LogP contribution in [0.2, 0.25) is 0 Å². The first kappa shape index (κ1) is 13.3. The van der Waals surface area contributed by atoms with Crippen LogP contribution in [0.4, 0.5) is 0 Å². The van der Waals surface area contributed by atoms with Gasteiger partial charge in [0.05, 0.1) is 6.54 Å². The Balaban J connectivity index is 0.00000120. The minimum atomic E-state index is 0. The van der Waals surface area contributed by atoms with E-state index in [4.69, 9.17) is 9.47 Å². The molecule has 0 aliphatic carbocycles. The summed E-state index contributed by atoms with van der Waals surface area (Å²) in [7, 11) is 0. The number of ether oxygens (including phenoxy) is 2. The Labute approximate surface area is 123 Å². The molecular weight excluding hydrogens is 345 g/mol. The van der Waals surface area contributed by atoms with Gasteiger partial charge in [0, 0.05) is 18.7 Å². The number of nitrogens with zero attached hydrogens (tertiary/aromatic N) is 1. The lowest BCUT2D eigenvalue weighted by molar-refractivity contribution is 0.170. The van der Waals surface area contributed by atoms with Gasteiger partial charge in [-0.05, 0) is 6.07 Å². The van der Waals surface area contributed by atoms with Crippen LogP contribution < -0.4 is 20.1 Å². The lowest BCUT2D eigenvalue weighted by Crippen LogP contribution is -2.33. The molecule has 0 saturated carbocycles. The molecule has 1 aromatic rings. The van der Waals surface area contributed by atoms with Gasteiger partial charge in [-0.15, -0.1) is 24.0 Å². The van der Waals surface area contributed by atoms with E-state index in [1.54, 1.807) is 0 Å². The molecule has 2 aliphatic rings. The zero-order valence-electron chi connectivity index (χ0n) is 9.94. The highest BCUT2D eigenvalue weighted by molar-refractivity contribution is 14.0. The van der Waals surface area contributed by atoms with Crippen LogP contribution >= 0.6 is 24.0 Å². The van der Waals surface area contributed by atoms with Crippen molar-refractivity contribution in [1.82, 2.24) is 10.6 Å². The molecule has 0 spiro atoms. The number of hydrogen-bond acceptors (Lipinski definition) is 5. The molecule has 2 heterocycles. The van der Waals surface area contributed by atoms with Gasteiger partial charge in [-0.25, -0.2) is 0 Å². The molecule has 0 radical (unpaired) electrons. The Morgan fingerprint density at radius 3 is 3.00 bits per heavy atom. The van der Waals surface area contributed by atoms with E-state index < -0.39 is 0 Å². The number of hydrogen-bond donors (Lipinski definition) is 2. The largest absolute Gasteiger partial charge is 0.486 e. The van der Waals surface area contributed by atoms with Crippen molar-refractivity contribution in [3.8, 4) is 11.5 Å². The second-order valence-electron chi connectivity index (χ2n) is 3.95. The molecule has 18 heavy (non-hydrogen) atoms. The number of guanidine groups is 1. The monoisotopic (exact) mass is 361 g/mol. The summed E-state index contributed by atoms with van der Waals surface area (Å²) in [5.41, 5.74) is 1.10. The van der Waals surface area contributed by atoms with E-state index in [-0.39, 0.29) is 24.0 Å². The fourth-order valence-corrected chi connectivity index (χ4v) is 1.97. The molecule has 3 rings (SSSR count). The SMILES string of the molecule is I.c1cc(CNC2=NCCN2)c2c(c1)OCCO2. The van der Waals surface area contributed by atoms with Gasteiger partial charge in [-0.1, -0.05) is 12.1 Å². The van der Waals surface area contributed by atoms with E-state index in [2.05, 4.69) is 15.6 Å². The van der Waals surface area contributed by atoms with Crippen molar-refractivity contribution in [2.45, 2.75) is 6.54 Å². The maximum absolute atomic E-state index is 5.64. The lowest BCUT2D eigenvalue weighted by atomic mass is 10.1.